The molecule has 4 nitrogen and oxygen atoms in total. The summed E-state index contributed by atoms with van der Waals surface area (Å²) < 4.78 is 0. The van der Waals surface area contributed by atoms with Crippen molar-refractivity contribution in [3.05, 3.63) is 59.9 Å². The van der Waals surface area contributed by atoms with Crippen LogP contribution in [0.15, 0.2) is 53.8 Å². The maximum Gasteiger partial charge on any atom is 0.234 e. The van der Waals surface area contributed by atoms with E-state index in [0.29, 0.717) is 11.7 Å². The number of carbonyl (C=O) groups excluding carboxylic acids is 1. The summed E-state index contributed by atoms with van der Waals surface area (Å²) in [6.45, 7) is 6.28. The fraction of sp³-hybridized carbons (Fsp3) is 0.250. The Kier molecular flexibility index (Phi) is 5.34. The Morgan fingerprint density at radius 3 is 2.72 bits per heavy atom. The first kappa shape index (κ1) is 17.4. The number of nitrogens with zero attached hydrogens (tertiary/aromatic N) is 2. The van der Waals surface area contributed by atoms with Crippen molar-refractivity contribution in [2.45, 2.75) is 31.7 Å². The first-order chi connectivity index (χ1) is 12.1. The molecule has 2 aromatic carbocycles. The van der Waals surface area contributed by atoms with Crippen molar-refractivity contribution in [2.24, 2.45) is 0 Å². The van der Waals surface area contributed by atoms with Gasteiger partial charge in [-0.25, -0.2) is 9.97 Å². The number of hydrogen-bond donors (Lipinski definition) is 1. The molecule has 0 fully saturated rings. The Hall–Kier alpha value is -2.40. The lowest BCUT2D eigenvalue weighted by Crippen LogP contribution is -2.16. The number of carbonyl (C=O) groups is 1. The summed E-state index contributed by atoms with van der Waals surface area (Å²) in [4.78, 5) is 21.0. The van der Waals surface area contributed by atoms with Gasteiger partial charge in [0.2, 0.25) is 5.91 Å². The van der Waals surface area contributed by atoms with Gasteiger partial charge < -0.3 is 5.32 Å². The molecule has 3 aromatic rings. The number of hydrogen-bond acceptors (Lipinski definition) is 4. The molecule has 0 aliphatic carbocycles. The zero-order valence-corrected chi connectivity index (χ0v) is 15.4. The third kappa shape index (κ3) is 3.99. The van der Waals surface area contributed by atoms with Gasteiger partial charge in [-0.3, -0.25) is 4.79 Å². The topological polar surface area (TPSA) is 54.9 Å². The van der Waals surface area contributed by atoms with Crippen LogP contribution in [0.1, 0.15) is 30.9 Å². The average molecular weight is 351 g/mol. The summed E-state index contributed by atoms with van der Waals surface area (Å²) >= 11 is 1.43. The molecule has 0 radical (unpaired) electrons. The van der Waals surface area contributed by atoms with Gasteiger partial charge in [-0.2, -0.15) is 0 Å². The van der Waals surface area contributed by atoms with E-state index in [-0.39, 0.29) is 5.91 Å². The highest BCUT2D eigenvalue weighted by Gasteiger charge is 2.13. The zero-order valence-electron chi connectivity index (χ0n) is 14.6. The van der Waals surface area contributed by atoms with E-state index in [1.807, 2.05) is 43.3 Å². The Balaban J connectivity index is 1.74. The van der Waals surface area contributed by atoms with E-state index >= 15 is 0 Å². The predicted octanol–water partition coefficient (Wildman–Crippen LogP) is 4.79. The summed E-state index contributed by atoms with van der Waals surface area (Å²) in [6, 6.07) is 13.9. The fourth-order valence-electron chi connectivity index (χ4n) is 2.75. The van der Waals surface area contributed by atoms with Gasteiger partial charge in [0.05, 0.1) is 11.3 Å². The highest BCUT2D eigenvalue weighted by atomic mass is 32.2. The zero-order chi connectivity index (χ0) is 17.8. The summed E-state index contributed by atoms with van der Waals surface area (Å²) in [5, 5.41) is 4.88. The normalized spacial score (nSPS) is 11.0. The van der Waals surface area contributed by atoms with Gasteiger partial charge >= 0.3 is 0 Å². The number of thioether (sulfide) groups is 1. The van der Waals surface area contributed by atoms with Crippen LogP contribution >= 0.6 is 11.8 Å². The molecule has 1 heterocycles. The predicted molar refractivity (Wildman–Crippen MR) is 104 cm³/mol. The van der Waals surface area contributed by atoms with Crippen molar-refractivity contribution in [1.29, 1.82) is 0 Å². The minimum absolute atomic E-state index is 0.0242. The molecule has 0 unspecified atom stereocenters. The lowest BCUT2D eigenvalue weighted by atomic mass is 9.98. The highest BCUT2D eigenvalue weighted by Crippen LogP contribution is 2.28. The number of fused-ring (bicyclic) bond motifs is 1. The first-order valence-electron chi connectivity index (χ1n) is 8.28. The van der Waals surface area contributed by atoms with Crippen LogP contribution in [0.25, 0.3) is 10.9 Å². The van der Waals surface area contributed by atoms with Crippen molar-refractivity contribution in [1.82, 2.24) is 9.97 Å². The van der Waals surface area contributed by atoms with Crippen molar-refractivity contribution >= 4 is 34.3 Å². The molecule has 1 amide bonds. The maximum atomic E-state index is 12.5. The average Bonchev–Trinajstić information content (AvgIpc) is 2.61. The first-order valence-corrected chi connectivity index (χ1v) is 9.26. The van der Waals surface area contributed by atoms with Crippen molar-refractivity contribution in [3.63, 3.8) is 0 Å². The number of anilines is 1. The van der Waals surface area contributed by atoms with Gasteiger partial charge in [-0.05, 0) is 30.0 Å². The fourth-order valence-corrected chi connectivity index (χ4v) is 3.54. The molecule has 1 aromatic heterocycles. The number of benzene rings is 2. The second-order valence-electron chi connectivity index (χ2n) is 6.23. The number of rotatable bonds is 5. The number of aromatic nitrogens is 2. The summed E-state index contributed by atoms with van der Waals surface area (Å²) in [7, 11) is 0. The highest BCUT2D eigenvalue weighted by molar-refractivity contribution is 8.00. The van der Waals surface area contributed by atoms with Crippen LogP contribution in [0.4, 0.5) is 5.69 Å². The van der Waals surface area contributed by atoms with E-state index in [1.54, 1.807) is 6.33 Å². The SMILES string of the molecule is Cc1cccc(C(C)C)c1NC(=O)CSc1ncnc2ccccc12. The quantitative estimate of drug-likeness (QED) is 0.530. The monoisotopic (exact) mass is 351 g/mol. The second-order valence-corrected chi connectivity index (χ2v) is 7.19. The number of para-hydroxylation sites is 2. The summed E-state index contributed by atoms with van der Waals surface area (Å²) in [5.74, 6) is 0.643. The Bertz CT molecular complexity index is 903. The smallest absolute Gasteiger partial charge is 0.234 e. The molecule has 0 aliphatic heterocycles. The molecule has 0 saturated heterocycles. The van der Waals surface area contributed by atoms with Crippen molar-refractivity contribution < 1.29 is 4.79 Å². The van der Waals surface area contributed by atoms with Gasteiger partial charge in [0.1, 0.15) is 11.4 Å². The minimum Gasteiger partial charge on any atom is -0.325 e. The molecule has 25 heavy (non-hydrogen) atoms. The molecule has 0 bridgehead atoms. The number of aryl methyl sites for hydroxylation is 1. The molecular weight excluding hydrogens is 330 g/mol. The number of amides is 1. The molecule has 1 N–H and O–H groups in total. The van der Waals surface area contributed by atoms with Crippen LogP contribution in [0, 0.1) is 6.92 Å². The third-order valence-electron chi connectivity index (χ3n) is 4.04. The van der Waals surface area contributed by atoms with E-state index in [9.17, 15) is 4.79 Å². The summed E-state index contributed by atoms with van der Waals surface area (Å²) in [6.07, 6.45) is 1.54. The molecule has 0 aliphatic rings. The van der Waals surface area contributed by atoms with Gasteiger partial charge in [-0.15, -0.1) is 0 Å². The van der Waals surface area contributed by atoms with Crippen LogP contribution < -0.4 is 5.32 Å². The molecule has 0 saturated carbocycles. The van der Waals surface area contributed by atoms with Crippen LogP contribution in [-0.2, 0) is 4.79 Å². The van der Waals surface area contributed by atoms with Gasteiger partial charge in [-0.1, -0.05) is 62.0 Å². The van der Waals surface area contributed by atoms with E-state index in [1.165, 1.54) is 11.8 Å². The Morgan fingerprint density at radius 1 is 1.12 bits per heavy atom. The lowest BCUT2D eigenvalue weighted by molar-refractivity contribution is -0.113. The molecule has 3 rings (SSSR count). The van der Waals surface area contributed by atoms with E-state index < -0.39 is 0 Å². The van der Waals surface area contributed by atoms with Crippen molar-refractivity contribution in [3.8, 4) is 0 Å². The standard InChI is InChI=1S/C20H21N3OS/c1-13(2)15-9-6-7-14(3)19(15)23-18(24)11-25-20-16-8-4-5-10-17(16)21-12-22-20/h4-10,12-13H,11H2,1-3H3,(H,23,24). The lowest BCUT2D eigenvalue weighted by Gasteiger charge is -2.16. The maximum absolute atomic E-state index is 12.5. The molecule has 5 heteroatoms. The van der Waals surface area contributed by atoms with Crippen LogP contribution in [-0.4, -0.2) is 21.6 Å². The van der Waals surface area contributed by atoms with Gasteiger partial charge in [0.15, 0.2) is 0 Å². The van der Waals surface area contributed by atoms with Crippen LogP contribution in [0.3, 0.4) is 0 Å². The van der Waals surface area contributed by atoms with Gasteiger partial charge in [0.25, 0.3) is 0 Å². The second kappa shape index (κ2) is 7.66. The van der Waals surface area contributed by atoms with E-state index in [4.69, 9.17) is 0 Å². The largest absolute Gasteiger partial charge is 0.325 e. The van der Waals surface area contributed by atoms with Crippen LogP contribution in [0.2, 0.25) is 0 Å². The Morgan fingerprint density at radius 2 is 1.92 bits per heavy atom. The van der Waals surface area contributed by atoms with E-state index in [2.05, 4.69) is 35.2 Å². The number of nitrogens with one attached hydrogen (secondary N) is 1. The minimum atomic E-state index is -0.0242. The Labute approximate surface area is 152 Å². The molecule has 128 valence electrons. The molecule has 0 atom stereocenters. The van der Waals surface area contributed by atoms with Crippen LogP contribution in [0.5, 0.6) is 0 Å². The molecular formula is C20H21N3OS. The van der Waals surface area contributed by atoms with E-state index in [0.717, 1.165) is 32.7 Å². The van der Waals surface area contributed by atoms with Crippen molar-refractivity contribution in [2.75, 3.05) is 11.1 Å². The summed E-state index contributed by atoms with van der Waals surface area (Å²) in [5.41, 5.74) is 4.06. The molecule has 0 spiro atoms. The van der Waals surface area contributed by atoms with Gasteiger partial charge in [0, 0.05) is 11.1 Å². The third-order valence-corrected chi connectivity index (χ3v) is 5.04.